The van der Waals surface area contributed by atoms with E-state index in [1.807, 2.05) is 0 Å². The number of hydrogen-bond acceptors (Lipinski definition) is 3. The average Bonchev–Trinajstić information content (AvgIpc) is 2.20. The molecule has 1 amide bonds. The first-order chi connectivity index (χ1) is 6.83. The van der Waals surface area contributed by atoms with Crippen molar-refractivity contribution < 1.29 is 4.79 Å². The maximum absolute atomic E-state index is 11.3. The van der Waals surface area contributed by atoms with Gasteiger partial charge in [-0.2, -0.15) is 0 Å². The molecule has 0 atom stereocenters. The van der Waals surface area contributed by atoms with Crippen molar-refractivity contribution in [1.82, 2.24) is 9.97 Å². The van der Waals surface area contributed by atoms with E-state index < -0.39 is 0 Å². The third kappa shape index (κ3) is 3.98. The van der Waals surface area contributed by atoms with E-state index in [1.54, 1.807) is 18.5 Å². The lowest BCUT2D eigenvalue weighted by molar-refractivity contribution is -0.116. The molecule has 76 valence electrons. The quantitative estimate of drug-likeness (QED) is 0.727. The van der Waals surface area contributed by atoms with Crippen LogP contribution in [0.2, 0.25) is 0 Å². The van der Waals surface area contributed by atoms with Crippen molar-refractivity contribution in [2.24, 2.45) is 0 Å². The van der Waals surface area contributed by atoms with E-state index in [4.69, 9.17) is 0 Å². The van der Waals surface area contributed by atoms with Gasteiger partial charge in [0, 0.05) is 18.8 Å². The predicted octanol–water partition coefficient (Wildman–Crippen LogP) is 2.00. The van der Waals surface area contributed by atoms with Gasteiger partial charge in [0.05, 0.1) is 0 Å². The lowest BCUT2D eigenvalue weighted by atomic mass is 10.2. The molecular formula is C10H15N3O. The zero-order chi connectivity index (χ0) is 10.2. The van der Waals surface area contributed by atoms with Crippen LogP contribution in [0.15, 0.2) is 18.5 Å². The van der Waals surface area contributed by atoms with Crippen molar-refractivity contribution in [3.05, 3.63) is 18.5 Å². The molecule has 0 aliphatic rings. The second kappa shape index (κ2) is 6.07. The van der Waals surface area contributed by atoms with Crippen LogP contribution in [0.1, 0.15) is 32.6 Å². The van der Waals surface area contributed by atoms with E-state index in [2.05, 4.69) is 22.2 Å². The van der Waals surface area contributed by atoms with Crippen LogP contribution in [0, 0.1) is 0 Å². The van der Waals surface area contributed by atoms with Crippen LogP contribution < -0.4 is 5.32 Å². The first kappa shape index (κ1) is 10.6. The number of hydrogen-bond donors (Lipinski definition) is 1. The Morgan fingerprint density at radius 3 is 2.71 bits per heavy atom. The maximum Gasteiger partial charge on any atom is 0.229 e. The summed E-state index contributed by atoms with van der Waals surface area (Å²) in [4.78, 5) is 19.1. The molecule has 0 unspecified atom stereocenters. The van der Waals surface area contributed by atoms with E-state index >= 15 is 0 Å². The minimum Gasteiger partial charge on any atom is -0.295 e. The molecular weight excluding hydrogens is 178 g/mol. The van der Waals surface area contributed by atoms with Gasteiger partial charge >= 0.3 is 0 Å². The topological polar surface area (TPSA) is 54.9 Å². The highest BCUT2D eigenvalue weighted by Gasteiger charge is 2.02. The molecule has 0 aromatic carbocycles. The molecule has 1 aromatic rings. The largest absolute Gasteiger partial charge is 0.295 e. The Balaban J connectivity index is 2.27. The van der Waals surface area contributed by atoms with Crippen molar-refractivity contribution >= 4 is 11.9 Å². The fourth-order valence-electron chi connectivity index (χ4n) is 1.09. The van der Waals surface area contributed by atoms with Crippen molar-refractivity contribution in [2.45, 2.75) is 32.6 Å². The molecule has 0 saturated heterocycles. The van der Waals surface area contributed by atoms with Gasteiger partial charge in [-0.15, -0.1) is 0 Å². The summed E-state index contributed by atoms with van der Waals surface area (Å²) < 4.78 is 0. The van der Waals surface area contributed by atoms with Crippen molar-refractivity contribution in [2.75, 3.05) is 5.32 Å². The van der Waals surface area contributed by atoms with E-state index in [9.17, 15) is 4.79 Å². The molecule has 0 spiro atoms. The molecule has 4 heteroatoms. The summed E-state index contributed by atoms with van der Waals surface area (Å²) in [7, 11) is 0. The van der Waals surface area contributed by atoms with Gasteiger partial charge < -0.3 is 0 Å². The second-order valence-corrected chi connectivity index (χ2v) is 3.08. The van der Waals surface area contributed by atoms with Gasteiger partial charge in [-0.05, 0) is 12.5 Å². The number of amides is 1. The third-order valence-electron chi connectivity index (χ3n) is 1.82. The number of unbranched alkanes of at least 4 members (excludes halogenated alkanes) is 2. The smallest absolute Gasteiger partial charge is 0.229 e. The van der Waals surface area contributed by atoms with E-state index in [-0.39, 0.29) is 5.91 Å². The number of nitrogens with one attached hydrogen (secondary N) is 1. The van der Waals surface area contributed by atoms with Gasteiger partial charge in [0.2, 0.25) is 11.9 Å². The first-order valence-electron chi connectivity index (χ1n) is 4.90. The fourth-order valence-corrected chi connectivity index (χ4v) is 1.09. The minimum atomic E-state index is -0.00958. The molecule has 1 heterocycles. The van der Waals surface area contributed by atoms with Gasteiger partial charge in [-0.1, -0.05) is 19.8 Å². The SMILES string of the molecule is CCCCCC(=O)Nc1ncccn1. The van der Waals surface area contributed by atoms with Crippen LogP contribution in [-0.2, 0) is 4.79 Å². The van der Waals surface area contributed by atoms with Crippen LogP contribution in [0.5, 0.6) is 0 Å². The lowest BCUT2D eigenvalue weighted by Gasteiger charge is -2.01. The Kier molecular flexibility index (Phi) is 4.61. The van der Waals surface area contributed by atoms with Crippen LogP contribution in [0.4, 0.5) is 5.95 Å². The Morgan fingerprint density at radius 2 is 2.07 bits per heavy atom. The molecule has 0 aliphatic carbocycles. The molecule has 0 radical (unpaired) electrons. The number of carbonyl (C=O) groups excluding carboxylic acids is 1. The third-order valence-corrected chi connectivity index (χ3v) is 1.82. The lowest BCUT2D eigenvalue weighted by Crippen LogP contribution is -2.13. The van der Waals surface area contributed by atoms with Crippen LogP contribution >= 0.6 is 0 Å². The molecule has 0 fully saturated rings. The van der Waals surface area contributed by atoms with Crippen LogP contribution in [0.3, 0.4) is 0 Å². The van der Waals surface area contributed by atoms with Crippen molar-refractivity contribution in [3.8, 4) is 0 Å². The summed E-state index contributed by atoms with van der Waals surface area (Å²) in [6, 6.07) is 1.72. The van der Waals surface area contributed by atoms with Gasteiger partial charge in [0.15, 0.2) is 0 Å². The Hall–Kier alpha value is -1.45. The Morgan fingerprint density at radius 1 is 1.36 bits per heavy atom. The average molecular weight is 193 g/mol. The van der Waals surface area contributed by atoms with Gasteiger partial charge in [-0.3, -0.25) is 10.1 Å². The number of carbonyl (C=O) groups is 1. The molecule has 1 aromatic heterocycles. The summed E-state index contributed by atoms with van der Waals surface area (Å²) in [5.74, 6) is 0.374. The van der Waals surface area contributed by atoms with Gasteiger partial charge in [0.25, 0.3) is 0 Å². The van der Waals surface area contributed by atoms with Gasteiger partial charge in [-0.25, -0.2) is 9.97 Å². The highest BCUT2D eigenvalue weighted by molar-refractivity contribution is 5.88. The Bertz CT molecular complexity index is 274. The number of aromatic nitrogens is 2. The van der Waals surface area contributed by atoms with Gasteiger partial charge in [0.1, 0.15) is 0 Å². The fraction of sp³-hybridized carbons (Fsp3) is 0.500. The molecule has 1 rings (SSSR count). The van der Waals surface area contributed by atoms with Crippen LogP contribution in [-0.4, -0.2) is 15.9 Å². The van der Waals surface area contributed by atoms with E-state index in [1.165, 1.54) is 0 Å². The summed E-state index contributed by atoms with van der Waals surface area (Å²) in [6.07, 6.45) is 6.89. The minimum absolute atomic E-state index is 0.00958. The molecule has 4 nitrogen and oxygen atoms in total. The highest BCUT2D eigenvalue weighted by Crippen LogP contribution is 2.01. The zero-order valence-corrected chi connectivity index (χ0v) is 8.36. The first-order valence-corrected chi connectivity index (χ1v) is 4.90. The Labute approximate surface area is 83.8 Å². The maximum atomic E-state index is 11.3. The van der Waals surface area contributed by atoms with E-state index in [0.29, 0.717) is 12.4 Å². The zero-order valence-electron chi connectivity index (χ0n) is 8.36. The number of nitrogens with zero attached hydrogens (tertiary/aromatic N) is 2. The van der Waals surface area contributed by atoms with E-state index in [0.717, 1.165) is 19.3 Å². The van der Waals surface area contributed by atoms with Crippen molar-refractivity contribution in [3.63, 3.8) is 0 Å². The monoisotopic (exact) mass is 193 g/mol. The van der Waals surface area contributed by atoms with Crippen molar-refractivity contribution in [1.29, 1.82) is 0 Å². The van der Waals surface area contributed by atoms with Crippen LogP contribution in [0.25, 0.3) is 0 Å². The number of rotatable bonds is 5. The predicted molar refractivity (Wildman–Crippen MR) is 54.8 cm³/mol. The normalized spacial score (nSPS) is 9.79. The molecule has 0 aliphatic heterocycles. The summed E-state index contributed by atoms with van der Waals surface area (Å²) in [5, 5.41) is 2.64. The number of anilines is 1. The standard InChI is InChI=1S/C10H15N3O/c1-2-3-4-6-9(14)13-10-11-7-5-8-12-10/h5,7-8H,2-4,6H2,1H3,(H,11,12,13,14). The molecule has 0 bridgehead atoms. The second-order valence-electron chi connectivity index (χ2n) is 3.08. The summed E-state index contributed by atoms with van der Waals surface area (Å²) in [6.45, 7) is 2.11. The molecule has 1 N–H and O–H groups in total. The molecule has 0 saturated carbocycles. The summed E-state index contributed by atoms with van der Waals surface area (Å²) in [5.41, 5.74) is 0. The summed E-state index contributed by atoms with van der Waals surface area (Å²) >= 11 is 0. The molecule has 14 heavy (non-hydrogen) atoms. The highest BCUT2D eigenvalue weighted by atomic mass is 16.1.